The Morgan fingerprint density at radius 2 is 1.48 bits per heavy atom. The fourth-order valence-electron chi connectivity index (χ4n) is 3.65. The molecule has 1 saturated heterocycles. The van der Waals surface area contributed by atoms with Crippen molar-refractivity contribution < 1.29 is 10.0 Å². The molecule has 0 saturated carbocycles. The highest BCUT2D eigenvalue weighted by Gasteiger charge is 2.42. The van der Waals surface area contributed by atoms with E-state index in [0.29, 0.717) is 0 Å². The molecule has 1 aliphatic heterocycles. The summed E-state index contributed by atoms with van der Waals surface area (Å²) in [7, 11) is 2.22. The number of rotatable bonds is 3. The summed E-state index contributed by atoms with van der Waals surface area (Å²) in [6.07, 6.45) is 2.26. The fraction of sp³-hybridized carbons (Fsp3) is 0.368. The highest BCUT2D eigenvalue weighted by molar-refractivity contribution is 5.37. The van der Waals surface area contributed by atoms with Gasteiger partial charge in [-0.3, -0.25) is 0 Å². The third-order valence-electron chi connectivity index (χ3n) is 4.77. The number of quaternary nitrogens is 1. The zero-order valence-corrected chi connectivity index (χ0v) is 12.6. The number of aliphatic hydroxyl groups is 1. The quantitative estimate of drug-likeness (QED) is 0.882. The van der Waals surface area contributed by atoms with Gasteiger partial charge in [0.2, 0.25) is 0 Å². The average Bonchev–Trinajstić information content (AvgIpc) is 2.56. The Hall–Kier alpha value is -1.64. The minimum absolute atomic E-state index is 0.260. The Labute approximate surface area is 127 Å². The van der Waals surface area contributed by atoms with E-state index in [2.05, 4.69) is 31.3 Å². The molecule has 1 fully saturated rings. The summed E-state index contributed by atoms with van der Waals surface area (Å²) in [5, 5.41) is 11.7. The summed E-state index contributed by atoms with van der Waals surface area (Å²) in [6, 6.07) is 20.3. The van der Waals surface area contributed by atoms with Crippen LogP contribution in [-0.4, -0.2) is 25.2 Å². The molecular weight excluding hydrogens is 258 g/mol. The molecule has 2 heteroatoms. The fourth-order valence-corrected chi connectivity index (χ4v) is 3.65. The van der Waals surface area contributed by atoms with Crippen molar-refractivity contribution in [3.05, 3.63) is 71.8 Å². The van der Waals surface area contributed by atoms with Crippen molar-refractivity contribution in [3.8, 4) is 0 Å². The van der Waals surface area contributed by atoms with Gasteiger partial charge in [-0.15, -0.1) is 0 Å². The van der Waals surface area contributed by atoms with Gasteiger partial charge in [0, 0.05) is 5.92 Å². The van der Waals surface area contributed by atoms with Gasteiger partial charge in [-0.2, -0.15) is 0 Å². The second-order valence-electron chi connectivity index (χ2n) is 6.25. The average molecular weight is 282 g/mol. The van der Waals surface area contributed by atoms with Gasteiger partial charge in [0.1, 0.15) is 5.60 Å². The molecule has 2 atom stereocenters. The van der Waals surface area contributed by atoms with Crippen LogP contribution in [-0.2, 0) is 5.60 Å². The van der Waals surface area contributed by atoms with Crippen LogP contribution in [0.1, 0.15) is 24.0 Å². The molecule has 21 heavy (non-hydrogen) atoms. The normalized spacial score (nSPS) is 23.0. The molecule has 110 valence electrons. The van der Waals surface area contributed by atoms with Crippen molar-refractivity contribution in [3.63, 3.8) is 0 Å². The molecule has 0 amide bonds. The Bertz CT molecular complexity index is 527. The lowest BCUT2D eigenvalue weighted by Gasteiger charge is -2.40. The Morgan fingerprint density at radius 3 is 1.95 bits per heavy atom. The van der Waals surface area contributed by atoms with Crippen LogP contribution < -0.4 is 4.90 Å². The first-order valence-corrected chi connectivity index (χ1v) is 7.86. The minimum atomic E-state index is -0.885. The van der Waals surface area contributed by atoms with Gasteiger partial charge in [0.25, 0.3) is 0 Å². The van der Waals surface area contributed by atoms with E-state index in [0.717, 1.165) is 24.1 Å². The summed E-state index contributed by atoms with van der Waals surface area (Å²) in [5.74, 6) is 0.260. The van der Waals surface area contributed by atoms with Gasteiger partial charge in [-0.05, 0) is 24.0 Å². The van der Waals surface area contributed by atoms with Crippen molar-refractivity contribution in [1.82, 2.24) is 0 Å². The van der Waals surface area contributed by atoms with E-state index in [4.69, 9.17) is 0 Å². The van der Waals surface area contributed by atoms with Crippen molar-refractivity contribution in [2.75, 3.05) is 20.1 Å². The molecular formula is C19H24NO+. The molecule has 0 bridgehead atoms. The molecule has 3 rings (SSSR count). The lowest BCUT2D eigenvalue weighted by Crippen LogP contribution is -3.11. The zero-order chi connectivity index (χ0) is 14.7. The number of piperidine rings is 1. The van der Waals surface area contributed by atoms with E-state index >= 15 is 0 Å². The van der Waals surface area contributed by atoms with Crippen LogP contribution in [0, 0.1) is 5.92 Å². The van der Waals surface area contributed by atoms with Gasteiger partial charge in [0.05, 0.1) is 20.1 Å². The molecule has 0 spiro atoms. The SMILES string of the molecule is C[NH+]1CCC[C@H](C(O)(c2ccccc2)c2ccccc2)C1. The van der Waals surface area contributed by atoms with Gasteiger partial charge in [0.15, 0.2) is 0 Å². The second kappa shape index (κ2) is 6.00. The summed E-state index contributed by atoms with van der Waals surface area (Å²) in [5.41, 5.74) is 1.14. The molecule has 2 aromatic carbocycles. The van der Waals surface area contributed by atoms with E-state index in [1.807, 2.05) is 36.4 Å². The molecule has 1 heterocycles. The minimum Gasteiger partial charge on any atom is -0.380 e. The summed E-state index contributed by atoms with van der Waals surface area (Å²) >= 11 is 0. The van der Waals surface area contributed by atoms with E-state index in [1.54, 1.807) is 0 Å². The maximum Gasteiger partial charge on any atom is 0.123 e. The van der Waals surface area contributed by atoms with Crippen molar-refractivity contribution >= 4 is 0 Å². The van der Waals surface area contributed by atoms with Gasteiger partial charge < -0.3 is 10.0 Å². The zero-order valence-electron chi connectivity index (χ0n) is 12.6. The topological polar surface area (TPSA) is 24.7 Å². The van der Waals surface area contributed by atoms with Crippen molar-refractivity contribution in [2.24, 2.45) is 5.92 Å². The Kier molecular flexibility index (Phi) is 4.09. The van der Waals surface area contributed by atoms with Gasteiger partial charge in [-0.1, -0.05) is 60.7 Å². The predicted octanol–water partition coefficient (Wildman–Crippen LogP) is 1.85. The highest BCUT2D eigenvalue weighted by atomic mass is 16.3. The summed E-state index contributed by atoms with van der Waals surface area (Å²) in [4.78, 5) is 1.51. The van der Waals surface area contributed by atoms with Crippen LogP contribution >= 0.6 is 0 Å². The van der Waals surface area contributed by atoms with Crippen LogP contribution in [0.3, 0.4) is 0 Å². The van der Waals surface area contributed by atoms with E-state index < -0.39 is 5.60 Å². The Balaban J connectivity index is 2.07. The lowest BCUT2D eigenvalue weighted by molar-refractivity contribution is -0.889. The lowest BCUT2D eigenvalue weighted by atomic mass is 9.73. The summed E-state index contributed by atoms with van der Waals surface area (Å²) < 4.78 is 0. The maximum atomic E-state index is 11.7. The van der Waals surface area contributed by atoms with Crippen LogP contribution in [0.15, 0.2) is 60.7 Å². The molecule has 2 N–H and O–H groups in total. The van der Waals surface area contributed by atoms with Crippen molar-refractivity contribution in [2.45, 2.75) is 18.4 Å². The number of nitrogens with one attached hydrogen (secondary N) is 1. The molecule has 1 aliphatic rings. The van der Waals surface area contributed by atoms with Crippen LogP contribution in [0.25, 0.3) is 0 Å². The Morgan fingerprint density at radius 1 is 0.952 bits per heavy atom. The number of hydrogen-bond acceptors (Lipinski definition) is 1. The van der Waals surface area contributed by atoms with E-state index in [-0.39, 0.29) is 5.92 Å². The monoisotopic (exact) mass is 282 g/mol. The first kappa shape index (κ1) is 14.3. The number of likely N-dealkylation sites (tertiary alicyclic amines) is 1. The van der Waals surface area contributed by atoms with Gasteiger partial charge >= 0.3 is 0 Å². The molecule has 2 aromatic rings. The first-order valence-electron chi connectivity index (χ1n) is 7.86. The predicted molar refractivity (Wildman–Crippen MR) is 85.2 cm³/mol. The molecule has 0 radical (unpaired) electrons. The number of benzene rings is 2. The van der Waals surface area contributed by atoms with Crippen LogP contribution in [0.2, 0.25) is 0 Å². The van der Waals surface area contributed by atoms with E-state index in [1.165, 1.54) is 17.9 Å². The first-order chi connectivity index (χ1) is 10.2. The highest BCUT2D eigenvalue weighted by Crippen LogP contribution is 2.39. The standard InChI is InChI=1S/C19H23NO/c1-20-14-8-13-18(15-20)19(21,16-9-4-2-5-10-16)17-11-6-3-7-12-17/h2-7,9-12,18,21H,8,13-15H2,1H3/p+1/t18-/m0/s1. The molecule has 2 nitrogen and oxygen atoms in total. The molecule has 0 aromatic heterocycles. The largest absolute Gasteiger partial charge is 0.380 e. The smallest absolute Gasteiger partial charge is 0.123 e. The number of hydrogen-bond donors (Lipinski definition) is 2. The maximum absolute atomic E-state index is 11.7. The van der Waals surface area contributed by atoms with Crippen LogP contribution in [0.4, 0.5) is 0 Å². The molecule has 1 unspecified atom stereocenters. The van der Waals surface area contributed by atoms with Crippen molar-refractivity contribution in [1.29, 1.82) is 0 Å². The van der Waals surface area contributed by atoms with Crippen LogP contribution in [0.5, 0.6) is 0 Å². The van der Waals surface area contributed by atoms with E-state index in [9.17, 15) is 5.11 Å². The second-order valence-corrected chi connectivity index (χ2v) is 6.25. The molecule has 0 aliphatic carbocycles. The van der Waals surface area contributed by atoms with Gasteiger partial charge in [-0.25, -0.2) is 0 Å². The third-order valence-corrected chi connectivity index (χ3v) is 4.77. The summed E-state index contributed by atoms with van der Waals surface area (Å²) in [6.45, 7) is 2.22. The third kappa shape index (κ3) is 2.74.